The van der Waals surface area contributed by atoms with Gasteiger partial charge in [-0.3, -0.25) is 0 Å². The van der Waals surface area contributed by atoms with Crippen molar-refractivity contribution in [2.45, 2.75) is 44.4 Å². The van der Waals surface area contributed by atoms with Crippen molar-refractivity contribution >= 4 is 11.6 Å². The average Bonchev–Trinajstić information content (AvgIpc) is 2.16. The topological polar surface area (TPSA) is 9.23 Å². The third-order valence-electron chi connectivity index (χ3n) is 2.67. The monoisotopic (exact) mass is 190 g/mol. The maximum absolute atomic E-state index is 6.05. The second kappa shape index (κ2) is 5.82. The van der Waals surface area contributed by atoms with Crippen LogP contribution in [0.3, 0.4) is 0 Å². The van der Waals surface area contributed by atoms with Crippen molar-refractivity contribution in [2.24, 2.45) is 5.92 Å². The summed E-state index contributed by atoms with van der Waals surface area (Å²) in [5, 5.41) is 0.396. The number of alkyl halides is 1. The van der Waals surface area contributed by atoms with Crippen LogP contribution in [0, 0.1) is 5.92 Å². The third-order valence-corrected chi connectivity index (χ3v) is 3.20. The summed E-state index contributed by atoms with van der Waals surface area (Å²) in [5.74, 6) is 0.881. The summed E-state index contributed by atoms with van der Waals surface area (Å²) in [5.41, 5.74) is 0. The average molecular weight is 191 g/mol. The molecule has 1 rings (SSSR count). The van der Waals surface area contributed by atoms with E-state index >= 15 is 0 Å². The molecule has 0 aromatic rings. The van der Waals surface area contributed by atoms with Gasteiger partial charge in [0.05, 0.1) is 0 Å². The molecule has 0 spiro atoms. The Morgan fingerprint density at radius 2 is 2.08 bits per heavy atom. The van der Waals surface area contributed by atoms with Gasteiger partial charge >= 0.3 is 0 Å². The summed E-state index contributed by atoms with van der Waals surface area (Å²) in [6, 6.07) is 0. The lowest BCUT2D eigenvalue weighted by Gasteiger charge is -2.22. The standard InChI is InChI=1S/C10H19ClO/c1-2-10(11)4-3-9-5-7-12-8-6-9/h9-10H,2-8H2,1H3. The van der Waals surface area contributed by atoms with Crippen LogP contribution in [0.15, 0.2) is 0 Å². The number of halogens is 1. The van der Waals surface area contributed by atoms with E-state index in [1.165, 1.54) is 25.7 Å². The Hall–Kier alpha value is 0.250. The van der Waals surface area contributed by atoms with Crippen molar-refractivity contribution in [1.82, 2.24) is 0 Å². The molecular weight excluding hydrogens is 172 g/mol. The number of hydrogen-bond acceptors (Lipinski definition) is 1. The van der Waals surface area contributed by atoms with Gasteiger partial charge in [0, 0.05) is 18.6 Å². The Kier molecular flexibility index (Phi) is 5.01. The van der Waals surface area contributed by atoms with Crippen LogP contribution in [0.25, 0.3) is 0 Å². The molecule has 0 radical (unpaired) electrons. The summed E-state index contributed by atoms with van der Waals surface area (Å²) in [7, 11) is 0. The molecule has 0 saturated carbocycles. The van der Waals surface area contributed by atoms with Gasteiger partial charge in [-0.2, -0.15) is 0 Å². The zero-order valence-corrected chi connectivity index (χ0v) is 8.65. The normalized spacial score (nSPS) is 22.5. The molecule has 0 bridgehead atoms. The van der Waals surface area contributed by atoms with Gasteiger partial charge < -0.3 is 4.74 Å². The Morgan fingerprint density at radius 1 is 1.42 bits per heavy atom. The molecule has 1 fully saturated rings. The van der Waals surface area contributed by atoms with Gasteiger partial charge in [-0.25, -0.2) is 0 Å². The summed E-state index contributed by atoms with van der Waals surface area (Å²) in [6.45, 7) is 4.08. The highest BCUT2D eigenvalue weighted by Crippen LogP contribution is 2.22. The molecule has 1 atom stereocenters. The molecular formula is C10H19ClO. The first-order valence-corrected chi connectivity index (χ1v) is 5.48. The molecule has 0 aliphatic carbocycles. The lowest BCUT2D eigenvalue weighted by atomic mass is 9.94. The zero-order valence-electron chi connectivity index (χ0n) is 7.89. The van der Waals surface area contributed by atoms with Crippen LogP contribution in [-0.2, 0) is 4.74 Å². The zero-order chi connectivity index (χ0) is 8.81. The lowest BCUT2D eigenvalue weighted by molar-refractivity contribution is 0.0632. The number of hydrogen-bond donors (Lipinski definition) is 0. The van der Waals surface area contributed by atoms with Crippen LogP contribution < -0.4 is 0 Å². The van der Waals surface area contributed by atoms with E-state index in [9.17, 15) is 0 Å². The number of rotatable bonds is 4. The van der Waals surface area contributed by atoms with Crippen molar-refractivity contribution in [3.63, 3.8) is 0 Å². The molecule has 12 heavy (non-hydrogen) atoms. The van der Waals surface area contributed by atoms with E-state index < -0.39 is 0 Å². The predicted octanol–water partition coefficient (Wildman–Crippen LogP) is 3.21. The highest BCUT2D eigenvalue weighted by molar-refractivity contribution is 6.20. The van der Waals surface area contributed by atoms with E-state index in [0.29, 0.717) is 5.38 Å². The van der Waals surface area contributed by atoms with Gasteiger partial charge in [0.1, 0.15) is 0 Å². The second-order valence-electron chi connectivity index (χ2n) is 3.64. The van der Waals surface area contributed by atoms with Crippen molar-refractivity contribution in [1.29, 1.82) is 0 Å². The Morgan fingerprint density at radius 3 is 2.67 bits per heavy atom. The first-order chi connectivity index (χ1) is 5.83. The SMILES string of the molecule is CCC(Cl)CCC1CCOCC1. The van der Waals surface area contributed by atoms with E-state index in [-0.39, 0.29) is 0 Å². The molecule has 0 aromatic heterocycles. The minimum absolute atomic E-state index is 0.396. The van der Waals surface area contributed by atoms with Crippen LogP contribution in [0.2, 0.25) is 0 Å². The summed E-state index contributed by atoms with van der Waals surface area (Å²) >= 11 is 6.05. The predicted molar refractivity (Wildman–Crippen MR) is 52.7 cm³/mol. The Labute approximate surface area is 80.4 Å². The molecule has 0 amide bonds. The maximum Gasteiger partial charge on any atom is 0.0468 e. The maximum atomic E-state index is 6.05. The molecule has 1 heterocycles. The minimum Gasteiger partial charge on any atom is -0.381 e. The minimum atomic E-state index is 0.396. The molecule has 1 unspecified atom stereocenters. The van der Waals surface area contributed by atoms with Gasteiger partial charge in [0.15, 0.2) is 0 Å². The van der Waals surface area contributed by atoms with E-state index in [4.69, 9.17) is 16.3 Å². The van der Waals surface area contributed by atoms with Gasteiger partial charge in [0.25, 0.3) is 0 Å². The van der Waals surface area contributed by atoms with Crippen LogP contribution >= 0.6 is 11.6 Å². The molecule has 72 valence electrons. The third kappa shape index (κ3) is 3.77. The highest BCUT2D eigenvalue weighted by atomic mass is 35.5. The first-order valence-electron chi connectivity index (χ1n) is 5.04. The van der Waals surface area contributed by atoms with Gasteiger partial charge in [-0.1, -0.05) is 6.92 Å². The largest absolute Gasteiger partial charge is 0.381 e. The van der Waals surface area contributed by atoms with Crippen LogP contribution in [-0.4, -0.2) is 18.6 Å². The van der Waals surface area contributed by atoms with Crippen LogP contribution in [0.4, 0.5) is 0 Å². The van der Waals surface area contributed by atoms with Crippen molar-refractivity contribution in [3.05, 3.63) is 0 Å². The molecule has 0 aromatic carbocycles. The summed E-state index contributed by atoms with van der Waals surface area (Å²) in [4.78, 5) is 0. The summed E-state index contributed by atoms with van der Waals surface area (Å²) < 4.78 is 5.30. The quantitative estimate of drug-likeness (QED) is 0.619. The molecule has 0 N–H and O–H groups in total. The van der Waals surface area contributed by atoms with Gasteiger partial charge in [-0.15, -0.1) is 11.6 Å². The van der Waals surface area contributed by atoms with E-state index in [1.807, 2.05) is 0 Å². The van der Waals surface area contributed by atoms with E-state index in [1.54, 1.807) is 0 Å². The van der Waals surface area contributed by atoms with Crippen molar-refractivity contribution in [2.75, 3.05) is 13.2 Å². The van der Waals surface area contributed by atoms with E-state index in [2.05, 4.69) is 6.92 Å². The highest BCUT2D eigenvalue weighted by Gasteiger charge is 2.14. The fourth-order valence-corrected chi connectivity index (χ4v) is 1.78. The molecule has 2 heteroatoms. The van der Waals surface area contributed by atoms with Crippen molar-refractivity contribution < 1.29 is 4.74 Å². The Bertz CT molecular complexity index is 110. The number of ether oxygens (including phenoxy) is 1. The van der Waals surface area contributed by atoms with Crippen LogP contribution in [0.5, 0.6) is 0 Å². The van der Waals surface area contributed by atoms with Gasteiger partial charge in [0.2, 0.25) is 0 Å². The fourth-order valence-electron chi connectivity index (χ4n) is 1.66. The van der Waals surface area contributed by atoms with Gasteiger partial charge in [-0.05, 0) is 38.0 Å². The molecule has 1 nitrogen and oxygen atoms in total. The smallest absolute Gasteiger partial charge is 0.0468 e. The summed E-state index contributed by atoms with van der Waals surface area (Å²) in [6.07, 6.45) is 6.07. The molecule has 1 aliphatic rings. The van der Waals surface area contributed by atoms with E-state index in [0.717, 1.165) is 25.6 Å². The first kappa shape index (κ1) is 10.3. The lowest BCUT2D eigenvalue weighted by Crippen LogP contribution is -2.16. The Balaban J connectivity index is 2.05. The fraction of sp³-hybridized carbons (Fsp3) is 1.00. The second-order valence-corrected chi connectivity index (χ2v) is 4.26. The molecule has 1 saturated heterocycles. The molecule has 1 aliphatic heterocycles. The van der Waals surface area contributed by atoms with Crippen molar-refractivity contribution in [3.8, 4) is 0 Å². The van der Waals surface area contributed by atoms with Crippen LogP contribution in [0.1, 0.15) is 39.0 Å².